The Morgan fingerprint density at radius 1 is 1.16 bits per heavy atom. The average Bonchev–Trinajstić information content (AvgIpc) is 2.37. The summed E-state index contributed by atoms with van der Waals surface area (Å²) in [6, 6.07) is 0. The Hall–Kier alpha value is -0.870. The highest BCUT2D eigenvalue weighted by Crippen LogP contribution is 2.22. The van der Waals surface area contributed by atoms with Crippen LogP contribution in [0.15, 0.2) is 0 Å². The second kappa shape index (κ2) is 8.33. The molecule has 1 aromatic heterocycles. The molecule has 4 nitrogen and oxygen atoms in total. The fourth-order valence-electron chi connectivity index (χ4n) is 1.73. The van der Waals surface area contributed by atoms with E-state index in [9.17, 15) is 0 Å². The molecule has 108 valence electrons. The van der Waals surface area contributed by atoms with Crippen molar-refractivity contribution in [3.63, 3.8) is 0 Å². The number of aromatic nitrogens is 2. The molecule has 19 heavy (non-hydrogen) atoms. The van der Waals surface area contributed by atoms with E-state index in [1.54, 1.807) is 0 Å². The fraction of sp³-hybridized carbons (Fsp3) is 0.714. The van der Waals surface area contributed by atoms with Gasteiger partial charge < -0.3 is 10.4 Å². The van der Waals surface area contributed by atoms with E-state index in [1.807, 2.05) is 6.92 Å². The van der Waals surface area contributed by atoms with Crippen molar-refractivity contribution in [1.29, 1.82) is 0 Å². The Balaban J connectivity index is 2.52. The molecule has 0 aliphatic rings. The van der Waals surface area contributed by atoms with Gasteiger partial charge in [0.05, 0.1) is 0 Å². The summed E-state index contributed by atoms with van der Waals surface area (Å²) in [6.45, 7) is 7.20. The van der Waals surface area contributed by atoms with Crippen LogP contribution < -0.4 is 5.32 Å². The van der Waals surface area contributed by atoms with Crippen molar-refractivity contribution >= 4 is 17.4 Å². The Labute approximate surface area is 120 Å². The van der Waals surface area contributed by atoms with Gasteiger partial charge in [-0.1, -0.05) is 38.3 Å². The summed E-state index contributed by atoms with van der Waals surface area (Å²) >= 11 is 6.13. The normalized spacial score (nSPS) is 11.1. The van der Waals surface area contributed by atoms with Crippen molar-refractivity contribution in [2.45, 2.75) is 52.4 Å². The van der Waals surface area contributed by atoms with Crippen LogP contribution in [0.3, 0.4) is 0 Å². The van der Waals surface area contributed by atoms with Crippen molar-refractivity contribution in [3.8, 4) is 0 Å². The van der Waals surface area contributed by atoms with Gasteiger partial charge in [-0.05, 0) is 19.8 Å². The van der Waals surface area contributed by atoms with E-state index in [2.05, 4.69) is 29.1 Å². The molecular weight excluding hydrogens is 262 g/mol. The third-order valence-electron chi connectivity index (χ3n) is 3.00. The van der Waals surface area contributed by atoms with Gasteiger partial charge in [0.25, 0.3) is 0 Å². The highest BCUT2D eigenvalue weighted by Gasteiger charge is 2.11. The fourth-order valence-corrected chi connectivity index (χ4v) is 1.91. The lowest BCUT2D eigenvalue weighted by atomic mass is 10.2. The summed E-state index contributed by atoms with van der Waals surface area (Å²) < 4.78 is 0. The Morgan fingerprint density at radius 3 is 2.47 bits per heavy atom. The van der Waals surface area contributed by atoms with Crippen LogP contribution >= 0.6 is 11.6 Å². The second-order valence-corrected chi connectivity index (χ2v) is 5.42. The summed E-state index contributed by atoms with van der Waals surface area (Å²) in [4.78, 5) is 8.81. The minimum Gasteiger partial charge on any atom is -0.396 e. The summed E-state index contributed by atoms with van der Waals surface area (Å²) in [6.07, 6.45) is 4.13. The average molecular weight is 286 g/mol. The highest BCUT2D eigenvalue weighted by molar-refractivity contribution is 6.30. The Bertz CT molecular complexity index is 397. The highest BCUT2D eigenvalue weighted by atomic mass is 35.5. The van der Waals surface area contributed by atoms with Gasteiger partial charge in [0, 0.05) is 24.6 Å². The van der Waals surface area contributed by atoms with Gasteiger partial charge in [0.15, 0.2) is 0 Å². The van der Waals surface area contributed by atoms with Gasteiger partial charge in [-0.3, -0.25) is 0 Å². The molecule has 0 atom stereocenters. The molecule has 1 aromatic rings. The van der Waals surface area contributed by atoms with Crippen molar-refractivity contribution in [3.05, 3.63) is 16.5 Å². The van der Waals surface area contributed by atoms with Gasteiger partial charge in [-0.25, -0.2) is 9.97 Å². The summed E-state index contributed by atoms with van der Waals surface area (Å²) in [5, 5.41) is 12.6. The maximum atomic E-state index is 8.70. The molecule has 0 aromatic carbocycles. The van der Waals surface area contributed by atoms with Crippen LogP contribution in [0.4, 0.5) is 5.82 Å². The van der Waals surface area contributed by atoms with Crippen molar-refractivity contribution < 1.29 is 5.11 Å². The van der Waals surface area contributed by atoms with E-state index in [4.69, 9.17) is 16.7 Å². The van der Waals surface area contributed by atoms with E-state index in [1.165, 1.54) is 0 Å². The lowest BCUT2D eigenvalue weighted by Crippen LogP contribution is -2.09. The first-order chi connectivity index (χ1) is 9.06. The number of rotatable bonds is 8. The number of anilines is 1. The maximum Gasteiger partial charge on any atom is 0.137 e. The second-order valence-electron chi connectivity index (χ2n) is 5.07. The number of hydrogen-bond donors (Lipinski definition) is 2. The van der Waals surface area contributed by atoms with E-state index >= 15 is 0 Å². The molecule has 1 heterocycles. The van der Waals surface area contributed by atoms with Gasteiger partial charge in [0.1, 0.15) is 16.8 Å². The van der Waals surface area contributed by atoms with Crippen LogP contribution in [-0.2, 0) is 0 Å². The first kappa shape index (κ1) is 16.2. The predicted molar refractivity (Wildman–Crippen MR) is 79.9 cm³/mol. The molecule has 0 unspecified atom stereocenters. The zero-order valence-electron chi connectivity index (χ0n) is 12.0. The molecule has 2 N–H and O–H groups in total. The molecular formula is C14H24ClN3O. The third-order valence-corrected chi connectivity index (χ3v) is 3.37. The van der Waals surface area contributed by atoms with E-state index in [0.29, 0.717) is 5.15 Å². The van der Waals surface area contributed by atoms with Crippen LogP contribution in [0, 0.1) is 6.92 Å². The van der Waals surface area contributed by atoms with Crippen LogP contribution in [-0.4, -0.2) is 28.2 Å². The molecule has 0 aliphatic carbocycles. The van der Waals surface area contributed by atoms with Crippen molar-refractivity contribution in [1.82, 2.24) is 9.97 Å². The van der Waals surface area contributed by atoms with E-state index in [0.717, 1.165) is 49.4 Å². The van der Waals surface area contributed by atoms with Crippen molar-refractivity contribution in [2.24, 2.45) is 0 Å². The molecule has 0 amide bonds. The van der Waals surface area contributed by atoms with Gasteiger partial charge in [0.2, 0.25) is 0 Å². The zero-order chi connectivity index (χ0) is 14.3. The largest absolute Gasteiger partial charge is 0.396 e. The van der Waals surface area contributed by atoms with E-state index < -0.39 is 0 Å². The Kier molecular flexibility index (Phi) is 7.10. The topological polar surface area (TPSA) is 58.0 Å². The summed E-state index contributed by atoms with van der Waals surface area (Å²) in [5.41, 5.74) is 0.904. The number of unbranched alkanes of at least 4 members (excludes halogenated alkanes) is 3. The standard InChI is InChI=1S/C14H24ClN3O/c1-10(2)13-17-12(15)11(3)14(18-13)16-8-6-4-5-7-9-19/h10,19H,4-9H2,1-3H3,(H,16,17,18). The van der Waals surface area contributed by atoms with Crippen LogP contribution in [0.5, 0.6) is 0 Å². The number of halogens is 1. The summed E-state index contributed by atoms with van der Waals surface area (Å²) in [5.74, 6) is 1.88. The minimum absolute atomic E-state index is 0.267. The van der Waals surface area contributed by atoms with Crippen molar-refractivity contribution in [2.75, 3.05) is 18.5 Å². The van der Waals surface area contributed by atoms with E-state index in [-0.39, 0.29) is 12.5 Å². The maximum absolute atomic E-state index is 8.70. The SMILES string of the molecule is Cc1c(Cl)nc(C(C)C)nc1NCCCCCCO. The van der Waals surface area contributed by atoms with Crippen LogP contribution in [0.2, 0.25) is 5.15 Å². The first-order valence-corrected chi connectivity index (χ1v) is 7.32. The zero-order valence-corrected chi connectivity index (χ0v) is 12.8. The van der Waals surface area contributed by atoms with Crippen LogP contribution in [0.1, 0.15) is 56.8 Å². The molecule has 0 spiro atoms. The lowest BCUT2D eigenvalue weighted by molar-refractivity contribution is 0.283. The molecule has 0 saturated carbocycles. The Morgan fingerprint density at radius 2 is 1.84 bits per heavy atom. The monoisotopic (exact) mass is 285 g/mol. The quantitative estimate of drug-likeness (QED) is 0.567. The number of nitrogens with zero attached hydrogens (tertiary/aromatic N) is 2. The first-order valence-electron chi connectivity index (χ1n) is 6.95. The molecule has 0 fully saturated rings. The number of hydrogen-bond acceptors (Lipinski definition) is 4. The molecule has 0 bridgehead atoms. The molecule has 0 saturated heterocycles. The smallest absolute Gasteiger partial charge is 0.137 e. The summed E-state index contributed by atoms with van der Waals surface area (Å²) in [7, 11) is 0. The predicted octanol–water partition coefficient (Wildman–Crippen LogP) is 3.53. The minimum atomic E-state index is 0.267. The van der Waals surface area contributed by atoms with Gasteiger partial charge >= 0.3 is 0 Å². The van der Waals surface area contributed by atoms with Gasteiger partial charge in [-0.2, -0.15) is 0 Å². The lowest BCUT2D eigenvalue weighted by Gasteiger charge is -2.12. The number of aliphatic hydroxyl groups excluding tert-OH is 1. The molecule has 0 radical (unpaired) electrons. The third kappa shape index (κ3) is 5.33. The number of aliphatic hydroxyl groups is 1. The molecule has 5 heteroatoms. The molecule has 1 rings (SSSR count). The van der Waals surface area contributed by atoms with Crippen LogP contribution in [0.25, 0.3) is 0 Å². The molecule has 0 aliphatic heterocycles. The van der Waals surface area contributed by atoms with Gasteiger partial charge in [-0.15, -0.1) is 0 Å². The number of nitrogens with one attached hydrogen (secondary N) is 1.